The molecular formula is C18H26N4O2. The van der Waals surface area contributed by atoms with Crippen LogP contribution in [0.25, 0.3) is 0 Å². The molecule has 0 bridgehead atoms. The SMILES string of the molecule is O=C(N1CCCN(C2CCC2)CC1)N1CC(Oc2cccnc2)C1. The minimum Gasteiger partial charge on any atom is -0.485 e. The molecule has 130 valence electrons. The molecule has 6 heteroatoms. The van der Waals surface area contributed by atoms with Crippen molar-refractivity contribution in [1.29, 1.82) is 0 Å². The van der Waals surface area contributed by atoms with E-state index in [0.29, 0.717) is 13.1 Å². The van der Waals surface area contributed by atoms with E-state index in [2.05, 4.69) is 9.88 Å². The minimum atomic E-state index is 0.0941. The van der Waals surface area contributed by atoms with Gasteiger partial charge in [-0.25, -0.2) is 4.79 Å². The summed E-state index contributed by atoms with van der Waals surface area (Å²) in [6, 6.07) is 4.72. The number of nitrogens with zero attached hydrogens (tertiary/aromatic N) is 4. The first kappa shape index (κ1) is 15.7. The Hall–Kier alpha value is -1.82. The predicted molar refractivity (Wildman–Crippen MR) is 91.0 cm³/mol. The van der Waals surface area contributed by atoms with Gasteiger partial charge in [0.25, 0.3) is 0 Å². The van der Waals surface area contributed by atoms with Gasteiger partial charge in [-0.05, 0) is 31.4 Å². The van der Waals surface area contributed by atoms with Crippen LogP contribution >= 0.6 is 0 Å². The van der Waals surface area contributed by atoms with Gasteiger partial charge in [-0.1, -0.05) is 6.42 Å². The van der Waals surface area contributed by atoms with Crippen LogP contribution in [0, 0.1) is 0 Å². The maximum atomic E-state index is 12.7. The summed E-state index contributed by atoms with van der Waals surface area (Å²) in [5.74, 6) is 0.778. The van der Waals surface area contributed by atoms with Crippen molar-refractivity contribution >= 4 is 6.03 Å². The number of carbonyl (C=O) groups excluding carboxylic acids is 1. The van der Waals surface area contributed by atoms with E-state index in [9.17, 15) is 4.79 Å². The smallest absolute Gasteiger partial charge is 0.320 e. The van der Waals surface area contributed by atoms with Gasteiger partial charge < -0.3 is 14.5 Å². The summed E-state index contributed by atoms with van der Waals surface area (Å²) < 4.78 is 5.83. The normalized spacial score (nSPS) is 23.3. The Labute approximate surface area is 143 Å². The third kappa shape index (κ3) is 3.34. The Morgan fingerprint density at radius 2 is 1.96 bits per heavy atom. The second-order valence-electron chi connectivity index (χ2n) is 7.08. The summed E-state index contributed by atoms with van der Waals surface area (Å²) in [5, 5.41) is 0. The van der Waals surface area contributed by atoms with Crippen LogP contribution in [0.15, 0.2) is 24.5 Å². The Bertz CT molecular complexity index is 557. The number of hydrogen-bond acceptors (Lipinski definition) is 4. The zero-order valence-corrected chi connectivity index (χ0v) is 14.1. The number of ether oxygens (including phenoxy) is 1. The lowest BCUT2D eigenvalue weighted by Gasteiger charge is -2.41. The molecule has 3 heterocycles. The highest BCUT2D eigenvalue weighted by Gasteiger charge is 2.36. The Balaban J connectivity index is 1.23. The second-order valence-corrected chi connectivity index (χ2v) is 7.08. The Morgan fingerprint density at radius 3 is 2.67 bits per heavy atom. The number of amides is 2. The molecule has 0 radical (unpaired) electrons. The summed E-state index contributed by atoms with van der Waals surface area (Å²) in [5.41, 5.74) is 0. The number of aromatic nitrogens is 1. The van der Waals surface area contributed by atoms with Crippen LogP contribution in [0.4, 0.5) is 4.79 Å². The number of rotatable bonds is 3. The van der Waals surface area contributed by atoms with Crippen LogP contribution in [-0.2, 0) is 0 Å². The topological polar surface area (TPSA) is 48.9 Å². The van der Waals surface area contributed by atoms with Crippen LogP contribution < -0.4 is 4.74 Å². The lowest BCUT2D eigenvalue weighted by atomic mass is 9.91. The molecule has 24 heavy (non-hydrogen) atoms. The van der Waals surface area contributed by atoms with E-state index in [4.69, 9.17) is 4.74 Å². The van der Waals surface area contributed by atoms with Crippen molar-refractivity contribution < 1.29 is 9.53 Å². The fraction of sp³-hybridized carbons (Fsp3) is 0.667. The molecule has 0 atom stereocenters. The van der Waals surface area contributed by atoms with E-state index in [0.717, 1.165) is 44.4 Å². The third-order valence-electron chi connectivity index (χ3n) is 5.45. The molecule has 0 aromatic carbocycles. The van der Waals surface area contributed by atoms with Crippen molar-refractivity contribution in [1.82, 2.24) is 19.7 Å². The molecule has 2 amide bonds. The van der Waals surface area contributed by atoms with Gasteiger partial charge in [-0.3, -0.25) is 9.88 Å². The maximum absolute atomic E-state index is 12.7. The number of urea groups is 1. The molecule has 0 spiro atoms. The van der Waals surface area contributed by atoms with E-state index >= 15 is 0 Å². The van der Waals surface area contributed by atoms with Crippen molar-refractivity contribution in [2.45, 2.75) is 37.8 Å². The highest BCUT2D eigenvalue weighted by molar-refractivity contribution is 5.75. The van der Waals surface area contributed by atoms with Crippen molar-refractivity contribution in [3.05, 3.63) is 24.5 Å². The van der Waals surface area contributed by atoms with Crippen molar-refractivity contribution in [3.63, 3.8) is 0 Å². The number of carbonyl (C=O) groups is 1. The predicted octanol–water partition coefficient (Wildman–Crippen LogP) is 1.82. The van der Waals surface area contributed by atoms with E-state index in [-0.39, 0.29) is 12.1 Å². The quantitative estimate of drug-likeness (QED) is 0.848. The number of likely N-dealkylation sites (tertiary alicyclic amines) is 1. The third-order valence-corrected chi connectivity index (χ3v) is 5.45. The lowest BCUT2D eigenvalue weighted by Crippen LogP contribution is -2.60. The number of pyridine rings is 1. The molecule has 2 saturated heterocycles. The van der Waals surface area contributed by atoms with Gasteiger partial charge in [0, 0.05) is 38.4 Å². The zero-order chi connectivity index (χ0) is 16.4. The van der Waals surface area contributed by atoms with E-state index < -0.39 is 0 Å². The van der Waals surface area contributed by atoms with Gasteiger partial charge in [0.15, 0.2) is 0 Å². The van der Waals surface area contributed by atoms with Crippen LogP contribution in [0.5, 0.6) is 5.75 Å². The first-order valence-corrected chi connectivity index (χ1v) is 9.14. The van der Waals surface area contributed by atoms with E-state index in [1.807, 2.05) is 21.9 Å². The standard InChI is InChI=1S/C18H26N4O2/c23-18(21-9-3-8-20(10-11-21)15-4-1-5-15)22-13-17(14-22)24-16-6-2-7-19-12-16/h2,6-7,12,15,17H,1,3-5,8-11,13-14H2. The van der Waals surface area contributed by atoms with E-state index in [1.165, 1.54) is 19.3 Å². The van der Waals surface area contributed by atoms with E-state index in [1.54, 1.807) is 12.4 Å². The summed E-state index contributed by atoms with van der Waals surface area (Å²) in [6.45, 7) is 5.26. The first-order valence-electron chi connectivity index (χ1n) is 9.14. The highest BCUT2D eigenvalue weighted by Crippen LogP contribution is 2.26. The average Bonchev–Trinajstić information content (AvgIpc) is 2.75. The van der Waals surface area contributed by atoms with Crippen molar-refractivity contribution in [2.75, 3.05) is 39.3 Å². The van der Waals surface area contributed by atoms with Crippen LogP contribution in [0.1, 0.15) is 25.7 Å². The molecule has 2 aliphatic heterocycles. The number of hydrogen-bond donors (Lipinski definition) is 0. The molecular weight excluding hydrogens is 304 g/mol. The summed E-state index contributed by atoms with van der Waals surface area (Å²) in [6.07, 6.45) is 8.68. The van der Waals surface area contributed by atoms with Crippen LogP contribution in [-0.4, -0.2) is 77.1 Å². The fourth-order valence-electron chi connectivity index (χ4n) is 3.72. The molecule has 1 aromatic rings. The van der Waals surface area contributed by atoms with Gasteiger partial charge >= 0.3 is 6.03 Å². The van der Waals surface area contributed by atoms with Crippen LogP contribution in [0.2, 0.25) is 0 Å². The average molecular weight is 330 g/mol. The fourth-order valence-corrected chi connectivity index (χ4v) is 3.72. The molecule has 1 aromatic heterocycles. The molecule has 1 saturated carbocycles. The molecule has 3 fully saturated rings. The summed E-state index contributed by atoms with van der Waals surface area (Å²) >= 11 is 0. The summed E-state index contributed by atoms with van der Waals surface area (Å²) in [7, 11) is 0. The van der Waals surface area contributed by atoms with Gasteiger partial charge in [-0.2, -0.15) is 0 Å². The van der Waals surface area contributed by atoms with Crippen molar-refractivity contribution in [2.24, 2.45) is 0 Å². The van der Waals surface area contributed by atoms with Gasteiger partial charge in [0.1, 0.15) is 11.9 Å². The highest BCUT2D eigenvalue weighted by atomic mass is 16.5. The second kappa shape index (κ2) is 6.97. The molecule has 6 nitrogen and oxygen atoms in total. The monoisotopic (exact) mass is 330 g/mol. The lowest BCUT2D eigenvalue weighted by molar-refractivity contribution is 0.0306. The molecule has 3 aliphatic rings. The minimum absolute atomic E-state index is 0.0941. The molecule has 1 aliphatic carbocycles. The molecule has 0 unspecified atom stereocenters. The molecule has 4 rings (SSSR count). The largest absolute Gasteiger partial charge is 0.485 e. The van der Waals surface area contributed by atoms with Crippen LogP contribution in [0.3, 0.4) is 0 Å². The van der Waals surface area contributed by atoms with Gasteiger partial charge in [0.05, 0.1) is 19.3 Å². The zero-order valence-electron chi connectivity index (χ0n) is 14.1. The Morgan fingerprint density at radius 1 is 1.08 bits per heavy atom. The maximum Gasteiger partial charge on any atom is 0.320 e. The molecule has 0 N–H and O–H groups in total. The Kier molecular flexibility index (Phi) is 4.56. The summed E-state index contributed by atoms with van der Waals surface area (Å²) in [4.78, 5) is 23.2. The van der Waals surface area contributed by atoms with Gasteiger partial charge in [0.2, 0.25) is 0 Å². The van der Waals surface area contributed by atoms with Crippen molar-refractivity contribution in [3.8, 4) is 5.75 Å². The van der Waals surface area contributed by atoms with Gasteiger partial charge in [-0.15, -0.1) is 0 Å². The first-order chi connectivity index (χ1) is 11.8.